The number of rotatable bonds is 2. The predicted molar refractivity (Wildman–Crippen MR) is 70.9 cm³/mol. The lowest BCUT2D eigenvalue weighted by Gasteiger charge is -2.08. The van der Waals surface area contributed by atoms with Gasteiger partial charge in [0.05, 0.1) is 5.69 Å². The number of aromatic nitrogens is 2. The van der Waals surface area contributed by atoms with Crippen molar-refractivity contribution < 1.29 is 4.74 Å². The molecule has 18 heavy (non-hydrogen) atoms. The number of anilines is 1. The Morgan fingerprint density at radius 1 is 1.28 bits per heavy atom. The summed E-state index contributed by atoms with van der Waals surface area (Å²) < 4.78 is 7.54. The van der Waals surface area contributed by atoms with Gasteiger partial charge >= 0.3 is 0 Å². The number of nitrogens with two attached hydrogens (primary N) is 1. The van der Waals surface area contributed by atoms with Crippen LogP contribution in [0.5, 0.6) is 11.6 Å². The Morgan fingerprint density at radius 2 is 2.06 bits per heavy atom. The van der Waals surface area contributed by atoms with Gasteiger partial charge in [0.25, 0.3) is 0 Å². The molecule has 0 amide bonds. The average Bonchev–Trinajstić information content (AvgIpc) is 2.89. The van der Waals surface area contributed by atoms with Crippen molar-refractivity contribution in [3.05, 3.63) is 35.0 Å². The van der Waals surface area contributed by atoms with Crippen molar-refractivity contribution in [2.75, 3.05) is 5.73 Å². The topological polar surface area (TPSA) is 53.1 Å². The molecule has 0 unspecified atom stereocenters. The Balaban J connectivity index is 1.93. The summed E-state index contributed by atoms with van der Waals surface area (Å²) in [5, 5.41) is 4.25. The van der Waals surface area contributed by atoms with Crippen LogP contribution in [0.4, 0.5) is 5.69 Å². The van der Waals surface area contributed by atoms with Crippen LogP contribution >= 0.6 is 0 Å². The van der Waals surface area contributed by atoms with Crippen LogP contribution in [0, 0.1) is 6.92 Å². The molecule has 1 aromatic heterocycles. The van der Waals surface area contributed by atoms with Crippen LogP contribution in [0.1, 0.15) is 23.2 Å². The SMILES string of the molecule is Cc1nn(C)c(Oc2ccc3c(c2)CCC3)c1N. The van der Waals surface area contributed by atoms with Gasteiger partial charge in [0, 0.05) is 7.05 Å². The smallest absolute Gasteiger partial charge is 0.241 e. The maximum absolute atomic E-state index is 5.96. The minimum Gasteiger partial charge on any atom is -0.437 e. The zero-order valence-corrected chi connectivity index (χ0v) is 10.7. The Hall–Kier alpha value is -1.97. The fraction of sp³-hybridized carbons (Fsp3) is 0.357. The third kappa shape index (κ3) is 1.74. The molecule has 4 nitrogen and oxygen atoms in total. The summed E-state index contributed by atoms with van der Waals surface area (Å²) >= 11 is 0. The second-order valence-corrected chi connectivity index (χ2v) is 4.81. The van der Waals surface area contributed by atoms with Gasteiger partial charge in [-0.25, -0.2) is 4.68 Å². The third-order valence-corrected chi connectivity index (χ3v) is 3.50. The van der Waals surface area contributed by atoms with Crippen LogP contribution in [0.15, 0.2) is 18.2 Å². The summed E-state index contributed by atoms with van der Waals surface area (Å²) in [5.74, 6) is 1.45. The lowest BCUT2D eigenvalue weighted by atomic mass is 10.1. The first-order valence-electron chi connectivity index (χ1n) is 6.24. The number of nitrogens with zero attached hydrogens (tertiary/aromatic N) is 2. The molecule has 2 aromatic rings. The summed E-state index contributed by atoms with van der Waals surface area (Å²) in [4.78, 5) is 0. The van der Waals surface area contributed by atoms with E-state index < -0.39 is 0 Å². The second kappa shape index (κ2) is 4.05. The Labute approximate surface area is 106 Å². The molecule has 0 aliphatic heterocycles. The average molecular weight is 243 g/mol. The third-order valence-electron chi connectivity index (χ3n) is 3.50. The number of hydrogen-bond acceptors (Lipinski definition) is 3. The van der Waals surface area contributed by atoms with Gasteiger partial charge in [-0.3, -0.25) is 0 Å². The van der Waals surface area contributed by atoms with Gasteiger partial charge in [-0.05, 0) is 49.4 Å². The zero-order chi connectivity index (χ0) is 12.7. The van der Waals surface area contributed by atoms with Crippen LogP contribution < -0.4 is 10.5 Å². The number of benzene rings is 1. The van der Waals surface area contributed by atoms with E-state index in [0.29, 0.717) is 11.6 Å². The number of nitrogen functional groups attached to an aromatic ring is 1. The Bertz CT molecular complexity index is 601. The molecule has 0 saturated carbocycles. The minimum absolute atomic E-state index is 0.609. The van der Waals surface area contributed by atoms with Gasteiger partial charge in [-0.15, -0.1) is 0 Å². The van der Waals surface area contributed by atoms with Gasteiger partial charge in [0.2, 0.25) is 5.88 Å². The van der Waals surface area contributed by atoms with Crippen LogP contribution in [0.2, 0.25) is 0 Å². The van der Waals surface area contributed by atoms with E-state index in [1.54, 1.807) is 4.68 Å². The van der Waals surface area contributed by atoms with Crippen molar-refractivity contribution in [2.24, 2.45) is 7.05 Å². The van der Waals surface area contributed by atoms with Crippen molar-refractivity contribution in [1.82, 2.24) is 9.78 Å². The quantitative estimate of drug-likeness (QED) is 0.882. The predicted octanol–water partition coefficient (Wildman–Crippen LogP) is 2.59. The van der Waals surface area contributed by atoms with E-state index in [-0.39, 0.29) is 0 Å². The highest BCUT2D eigenvalue weighted by Crippen LogP contribution is 2.32. The maximum atomic E-state index is 5.96. The molecular weight excluding hydrogens is 226 g/mol. The maximum Gasteiger partial charge on any atom is 0.241 e. The van der Waals surface area contributed by atoms with E-state index in [0.717, 1.165) is 17.9 Å². The standard InChI is InChI=1S/C14H17N3O/c1-9-13(15)14(17(2)16-9)18-12-7-6-10-4-3-5-11(10)8-12/h6-8H,3-5,15H2,1-2H3. The van der Waals surface area contributed by atoms with E-state index in [1.165, 1.54) is 24.0 Å². The summed E-state index contributed by atoms with van der Waals surface area (Å²) in [6, 6.07) is 6.27. The highest BCUT2D eigenvalue weighted by molar-refractivity contribution is 5.54. The molecule has 2 N–H and O–H groups in total. The number of ether oxygens (including phenoxy) is 1. The Kier molecular flexibility index (Phi) is 2.51. The number of aryl methyl sites for hydroxylation is 4. The fourth-order valence-corrected chi connectivity index (χ4v) is 2.50. The first-order chi connectivity index (χ1) is 8.65. The van der Waals surface area contributed by atoms with Crippen LogP contribution in [0.25, 0.3) is 0 Å². The lowest BCUT2D eigenvalue weighted by molar-refractivity contribution is 0.432. The van der Waals surface area contributed by atoms with Gasteiger partial charge in [0.1, 0.15) is 11.4 Å². The van der Waals surface area contributed by atoms with Crippen LogP contribution in [0.3, 0.4) is 0 Å². The summed E-state index contributed by atoms with van der Waals surface area (Å²) in [5.41, 5.74) is 10.2. The molecule has 0 spiro atoms. The normalized spacial score (nSPS) is 13.7. The molecule has 1 aliphatic rings. The molecule has 0 saturated heterocycles. The Morgan fingerprint density at radius 3 is 2.78 bits per heavy atom. The molecule has 3 rings (SSSR count). The first-order valence-corrected chi connectivity index (χ1v) is 6.24. The molecule has 1 heterocycles. The van der Waals surface area contributed by atoms with Gasteiger partial charge in [-0.2, -0.15) is 5.10 Å². The van der Waals surface area contributed by atoms with Crippen molar-refractivity contribution in [3.63, 3.8) is 0 Å². The van der Waals surface area contributed by atoms with E-state index in [2.05, 4.69) is 17.2 Å². The van der Waals surface area contributed by atoms with Crippen LogP contribution in [-0.4, -0.2) is 9.78 Å². The molecule has 0 fully saturated rings. The van der Waals surface area contributed by atoms with Crippen molar-refractivity contribution in [2.45, 2.75) is 26.2 Å². The molecular formula is C14H17N3O. The zero-order valence-electron chi connectivity index (χ0n) is 10.7. The molecule has 0 bridgehead atoms. The largest absolute Gasteiger partial charge is 0.437 e. The van der Waals surface area contributed by atoms with Gasteiger partial charge < -0.3 is 10.5 Å². The van der Waals surface area contributed by atoms with Crippen molar-refractivity contribution in [1.29, 1.82) is 0 Å². The van der Waals surface area contributed by atoms with Gasteiger partial charge in [0.15, 0.2) is 0 Å². The van der Waals surface area contributed by atoms with E-state index >= 15 is 0 Å². The fourth-order valence-electron chi connectivity index (χ4n) is 2.50. The lowest BCUT2D eigenvalue weighted by Crippen LogP contribution is -1.97. The molecule has 1 aromatic carbocycles. The first kappa shape index (κ1) is 11.1. The summed E-state index contributed by atoms with van der Waals surface area (Å²) in [6.07, 6.45) is 3.57. The van der Waals surface area contributed by atoms with Crippen molar-refractivity contribution in [3.8, 4) is 11.6 Å². The molecule has 0 radical (unpaired) electrons. The van der Waals surface area contributed by atoms with E-state index in [4.69, 9.17) is 10.5 Å². The monoisotopic (exact) mass is 243 g/mol. The van der Waals surface area contributed by atoms with Gasteiger partial charge in [-0.1, -0.05) is 6.07 Å². The minimum atomic E-state index is 0.609. The highest BCUT2D eigenvalue weighted by Gasteiger charge is 2.15. The van der Waals surface area contributed by atoms with E-state index in [1.807, 2.05) is 20.0 Å². The van der Waals surface area contributed by atoms with E-state index in [9.17, 15) is 0 Å². The molecule has 0 atom stereocenters. The highest BCUT2D eigenvalue weighted by atomic mass is 16.5. The second-order valence-electron chi connectivity index (χ2n) is 4.81. The molecule has 4 heteroatoms. The summed E-state index contributed by atoms with van der Waals surface area (Å²) in [7, 11) is 1.84. The molecule has 1 aliphatic carbocycles. The number of fused-ring (bicyclic) bond motifs is 1. The van der Waals surface area contributed by atoms with Crippen molar-refractivity contribution >= 4 is 5.69 Å². The molecule has 94 valence electrons. The van der Waals surface area contributed by atoms with Crippen LogP contribution in [-0.2, 0) is 19.9 Å². The summed E-state index contributed by atoms with van der Waals surface area (Å²) in [6.45, 7) is 1.88. The number of hydrogen-bond donors (Lipinski definition) is 1.